The normalized spacial score (nSPS) is 22.5. The van der Waals surface area contributed by atoms with Gasteiger partial charge in [-0.2, -0.15) is 0 Å². The molecule has 0 radical (unpaired) electrons. The van der Waals surface area contributed by atoms with Gasteiger partial charge in [-0.25, -0.2) is 4.98 Å². The molecular weight excluding hydrogens is 180 g/mol. The van der Waals surface area contributed by atoms with Crippen LogP contribution in [0.2, 0.25) is 0 Å². The first-order valence-corrected chi connectivity index (χ1v) is 5.88. The van der Waals surface area contributed by atoms with Gasteiger partial charge in [0.2, 0.25) is 0 Å². The third kappa shape index (κ3) is 1.92. The molecule has 0 saturated heterocycles. The van der Waals surface area contributed by atoms with Gasteiger partial charge in [-0.1, -0.05) is 25.7 Å². The Kier molecular flexibility index (Phi) is 2.65. The van der Waals surface area contributed by atoms with Crippen LogP contribution in [0.25, 0.3) is 0 Å². The minimum atomic E-state index is -0.106. The van der Waals surface area contributed by atoms with Crippen molar-refractivity contribution in [3.63, 3.8) is 0 Å². The molecule has 72 valence electrons. The second-order valence-corrected chi connectivity index (χ2v) is 4.80. The summed E-state index contributed by atoms with van der Waals surface area (Å²) in [6.07, 6.45) is 9.28. The van der Waals surface area contributed by atoms with Gasteiger partial charge in [-0.05, 0) is 12.8 Å². The van der Waals surface area contributed by atoms with Gasteiger partial charge in [0.1, 0.15) is 5.01 Å². The summed E-state index contributed by atoms with van der Waals surface area (Å²) in [6, 6.07) is 0. The first kappa shape index (κ1) is 9.16. The zero-order chi connectivity index (χ0) is 9.15. The van der Waals surface area contributed by atoms with E-state index < -0.39 is 0 Å². The third-order valence-electron chi connectivity index (χ3n) is 2.85. The maximum Gasteiger partial charge on any atom is 0.112 e. The first-order chi connectivity index (χ1) is 6.31. The van der Waals surface area contributed by atoms with Gasteiger partial charge >= 0.3 is 0 Å². The van der Waals surface area contributed by atoms with E-state index in [1.165, 1.54) is 25.7 Å². The molecule has 1 heterocycles. The van der Waals surface area contributed by atoms with Crippen LogP contribution in [-0.2, 0) is 5.54 Å². The van der Waals surface area contributed by atoms with Crippen molar-refractivity contribution < 1.29 is 0 Å². The summed E-state index contributed by atoms with van der Waals surface area (Å²) in [5.41, 5.74) is 6.27. The number of rotatable bonds is 1. The number of nitrogens with zero attached hydrogens (tertiary/aromatic N) is 1. The van der Waals surface area contributed by atoms with E-state index in [4.69, 9.17) is 5.73 Å². The van der Waals surface area contributed by atoms with E-state index in [2.05, 4.69) is 4.98 Å². The molecule has 1 saturated carbocycles. The van der Waals surface area contributed by atoms with Gasteiger partial charge in [-0.3, -0.25) is 0 Å². The lowest BCUT2D eigenvalue weighted by atomic mass is 9.92. The van der Waals surface area contributed by atoms with Crippen LogP contribution in [-0.4, -0.2) is 4.98 Å². The summed E-state index contributed by atoms with van der Waals surface area (Å²) in [7, 11) is 0. The van der Waals surface area contributed by atoms with Crippen LogP contribution in [0.5, 0.6) is 0 Å². The average molecular weight is 196 g/mol. The van der Waals surface area contributed by atoms with Crippen molar-refractivity contribution >= 4 is 11.3 Å². The molecule has 2 N–H and O–H groups in total. The molecule has 0 bridgehead atoms. The largest absolute Gasteiger partial charge is 0.319 e. The highest BCUT2D eigenvalue weighted by Gasteiger charge is 2.30. The van der Waals surface area contributed by atoms with Crippen molar-refractivity contribution in [1.29, 1.82) is 0 Å². The number of aromatic nitrogens is 1. The number of hydrogen-bond acceptors (Lipinski definition) is 3. The van der Waals surface area contributed by atoms with Gasteiger partial charge in [0.15, 0.2) is 0 Å². The van der Waals surface area contributed by atoms with Crippen molar-refractivity contribution in [3.8, 4) is 0 Å². The van der Waals surface area contributed by atoms with Crippen molar-refractivity contribution in [1.82, 2.24) is 4.98 Å². The van der Waals surface area contributed by atoms with Crippen molar-refractivity contribution in [2.75, 3.05) is 0 Å². The van der Waals surface area contributed by atoms with Gasteiger partial charge in [-0.15, -0.1) is 11.3 Å². The van der Waals surface area contributed by atoms with Crippen LogP contribution in [0.3, 0.4) is 0 Å². The molecule has 0 aliphatic heterocycles. The minimum Gasteiger partial charge on any atom is -0.319 e. The summed E-state index contributed by atoms with van der Waals surface area (Å²) < 4.78 is 0. The van der Waals surface area contributed by atoms with E-state index in [0.29, 0.717) is 0 Å². The van der Waals surface area contributed by atoms with Crippen LogP contribution >= 0.6 is 11.3 Å². The fraction of sp³-hybridized carbons (Fsp3) is 0.700. The van der Waals surface area contributed by atoms with E-state index in [9.17, 15) is 0 Å². The molecule has 0 aromatic carbocycles. The lowest BCUT2D eigenvalue weighted by Gasteiger charge is -2.25. The number of hydrogen-bond donors (Lipinski definition) is 1. The molecule has 3 heteroatoms. The Morgan fingerprint density at radius 2 is 1.92 bits per heavy atom. The predicted octanol–water partition coefficient (Wildman–Crippen LogP) is 2.65. The monoisotopic (exact) mass is 196 g/mol. The predicted molar refractivity (Wildman–Crippen MR) is 55.7 cm³/mol. The van der Waals surface area contributed by atoms with E-state index in [1.807, 2.05) is 11.6 Å². The highest BCUT2D eigenvalue weighted by Crippen LogP contribution is 2.34. The zero-order valence-electron chi connectivity index (χ0n) is 7.83. The molecule has 0 atom stereocenters. The smallest absolute Gasteiger partial charge is 0.112 e. The molecular formula is C10H16N2S. The van der Waals surface area contributed by atoms with Crippen LogP contribution in [0, 0.1) is 0 Å². The Labute approximate surface area is 83.2 Å². The summed E-state index contributed by atoms with van der Waals surface area (Å²) in [6.45, 7) is 0. The van der Waals surface area contributed by atoms with Gasteiger partial charge < -0.3 is 5.73 Å². The Hall–Kier alpha value is -0.410. The lowest BCUT2D eigenvalue weighted by Crippen LogP contribution is -2.35. The van der Waals surface area contributed by atoms with Crippen molar-refractivity contribution in [2.24, 2.45) is 5.73 Å². The van der Waals surface area contributed by atoms with Crippen LogP contribution < -0.4 is 5.73 Å². The van der Waals surface area contributed by atoms with Gasteiger partial charge in [0.25, 0.3) is 0 Å². The van der Waals surface area contributed by atoms with Gasteiger partial charge in [0, 0.05) is 11.6 Å². The first-order valence-electron chi connectivity index (χ1n) is 5.00. The minimum absolute atomic E-state index is 0.106. The fourth-order valence-electron chi connectivity index (χ4n) is 2.04. The van der Waals surface area contributed by atoms with E-state index in [0.717, 1.165) is 17.8 Å². The summed E-state index contributed by atoms with van der Waals surface area (Å²) in [5, 5.41) is 3.16. The molecule has 1 aliphatic rings. The molecule has 0 amide bonds. The standard InChI is InChI=1S/C10H16N2S/c11-10(9-12-7-8-13-9)5-3-1-2-4-6-10/h7-8H,1-6,11H2. The van der Waals surface area contributed by atoms with Crippen LogP contribution in [0.4, 0.5) is 0 Å². The van der Waals surface area contributed by atoms with E-state index >= 15 is 0 Å². The van der Waals surface area contributed by atoms with Crippen molar-refractivity contribution in [2.45, 2.75) is 44.1 Å². The molecule has 2 rings (SSSR count). The highest BCUT2D eigenvalue weighted by molar-refractivity contribution is 7.09. The maximum atomic E-state index is 6.37. The summed E-state index contributed by atoms with van der Waals surface area (Å²) >= 11 is 1.70. The molecule has 1 aromatic heterocycles. The number of thiazole rings is 1. The second kappa shape index (κ2) is 3.76. The van der Waals surface area contributed by atoms with Crippen LogP contribution in [0.15, 0.2) is 11.6 Å². The molecule has 2 nitrogen and oxygen atoms in total. The fourth-order valence-corrected chi connectivity index (χ4v) is 2.85. The quantitative estimate of drug-likeness (QED) is 0.701. The maximum absolute atomic E-state index is 6.37. The Balaban J connectivity index is 2.17. The van der Waals surface area contributed by atoms with E-state index in [1.54, 1.807) is 11.3 Å². The summed E-state index contributed by atoms with van der Waals surface area (Å²) in [5.74, 6) is 0. The third-order valence-corrected chi connectivity index (χ3v) is 3.85. The Morgan fingerprint density at radius 3 is 2.46 bits per heavy atom. The lowest BCUT2D eigenvalue weighted by molar-refractivity contribution is 0.384. The van der Waals surface area contributed by atoms with Crippen LogP contribution in [0.1, 0.15) is 43.5 Å². The molecule has 1 aliphatic carbocycles. The second-order valence-electron chi connectivity index (χ2n) is 3.91. The average Bonchev–Trinajstić information content (AvgIpc) is 2.57. The van der Waals surface area contributed by atoms with Gasteiger partial charge in [0.05, 0.1) is 5.54 Å². The molecule has 1 fully saturated rings. The topological polar surface area (TPSA) is 38.9 Å². The Morgan fingerprint density at radius 1 is 1.23 bits per heavy atom. The molecule has 13 heavy (non-hydrogen) atoms. The molecule has 0 spiro atoms. The number of nitrogens with two attached hydrogens (primary N) is 1. The zero-order valence-corrected chi connectivity index (χ0v) is 8.65. The molecule has 1 aromatic rings. The van der Waals surface area contributed by atoms with E-state index in [-0.39, 0.29) is 5.54 Å². The SMILES string of the molecule is NC1(c2nccs2)CCCCCC1. The molecule has 0 unspecified atom stereocenters. The Bertz CT molecular complexity index is 248. The summed E-state index contributed by atoms with van der Waals surface area (Å²) in [4.78, 5) is 4.35. The highest BCUT2D eigenvalue weighted by atomic mass is 32.1. The van der Waals surface area contributed by atoms with Crippen molar-refractivity contribution in [3.05, 3.63) is 16.6 Å².